The van der Waals surface area contributed by atoms with Crippen LogP contribution in [0, 0.1) is 6.92 Å². The van der Waals surface area contributed by atoms with Gasteiger partial charge in [-0.3, -0.25) is 9.59 Å². The largest absolute Gasteiger partial charge is 0.352 e. The van der Waals surface area contributed by atoms with Crippen molar-refractivity contribution in [1.29, 1.82) is 0 Å². The number of carbonyl (C=O) groups is 2. The van der Waals surface area contributed by atoms with Gasteiger partial charge in [0.25, 0.3) is 5.91 Å². The zero-order valence-corrected chi connectivity index (χ0v) is 24.4. The first kappa shape index (κ1) is 27.7. The zero-order valence-electron chi connectivity index (χ0n) is 24.4. The average molecular weight is 536 g/mol. The number of aromatic nitrogens is 1. The van der Waals surface area contributed by atoms with E-state index in [4.69, 9.17) is 0 Å². The van der Waals surface area contributed by atoms with Crippen LogP contribution in [0.1, 0.15) is 86.0 Å². The number of amides is 2. The van der Waals surface area contributed by atoms with Crippen LogP contribution in [0.15, 0.2) is 72.8 Å². The lowest BCUT2D eigenvalue weighted by Crippen LogP contribution is -2.49. The number of unbranched alkanes of at least 4 members (excludes halogenated alkanes) is 3. The molecule has 3 unspecified atom stereocenters. The highest BCUT2D eigenvalue weighted by atomic mass is 16.2. The van der Waals surface area contributed by atoms with Crippen LogP contribution >= 0.6 is 0 Å². The Kier molecular flexibility index (Phi) is 8.11. The number of hydrogen-bond donors (Lipinski definition) is 1. The lowest BCUT2D eigenvalue weighted by atomic mass is 9.92. The Morgan fingerprint density at radius 3 is 2.38 bits per heavy atom. The molecular weight excluding hydrogens is 494 g/mol. The highest BCUT2D eigenvalue weighted by Crippen LogP contribution is 2.47. The molecule has 3 atom stereocenters. The second-order valence-corrected chi connectivity index (χ2v) is 11.3. The quantitative estimate of drug-likeness (QED) is 0.213. The van der Waals surface area contributed by atoms with Crippen molar-refractivity contribution in [2.24, 2.45) is 7.05 Å². The molecule has 5 rings (SSSR count). The Balaban J connectivity index is 1.59. The van der Waals surface area contributed by atoms with E-state index in [1.165, 1.54) is 24.8 Å². The van der Waals surface area contributed by atoms with Crippen molar-refractivity contribution >= 4 is 22.7 Å². The molecule has 0 saturated heterocycles. The van der Waals surface area contributed by atoms with Gasteiger partial charge in [-0.25, -0.2) is 0 Å². The number of fused-ring (bicyclic) bond motifs is 2. The van der Waals surface area contributed by atoms with Crippen LogP contribution in [0.25, 0.3) is 22.2 Å². The van der Waals surface area contributed by atoms with Crippen LogP contribution in [0.5, 0.6) is 0 Å². The smallest absolute Gasteiger partial charge is 0.255 e. The zero-order chi connectivity index (χ0) is 28.4. The van der Waals surface area contributed by atoms with Gasteiger partial charge in [0.2, 0.25) is 5.91 Å². The maximum atomic E-state index is 14.0. The van der Waals surface area contributed by atoms with Crippen molar-refractivity contribution < 1.29 is 9.59 Å². The summed E-state index contributed by atoms with van der Waals surface area (Å²) in [6.45, 7) is 8.22. The monoisotopic (exact) mass is 535 g/mol. The van der Waals surface area contributed by atoms with Gasteiger partial charge in [-0.2, -0.15) is 0 Å². The fourth-order valence-corrected chi connectivity index (χ4v) is 6.23. The van der Waals surface area contributed by atoms with Gasteiger partial charge < -0.3 is 14.8 Å². The predicted molar refractivity (Wildman–Crippen MR) is 163 cm³/mol. The molecule has 40 heavy (non-hydrogen) atoms. The summed E-state index contributed by atoms with van der Waals surface area (Å²) < 4.78 is 2.22. The highest BCUT2D eigenvalue weighted by Gasteiger charge is 2.44. The first-order valence-corrected chi connectivity index (χ1v) is 14.7. The third-order valence-electron chi connectivity index (χ3n) is 8.42. The highest BCUT2D eigenvalue weighted by molar-refractivity contribution is 6.04. The molecule has 1 N–H and O–H groups in total. The fraction of sp³-hybridized carbons (Fsp3) is 0.371. The van der Waals surface area contributed by atoms with E-state index in [2.05, 4.69) is 80.2 Å². The molecule has 1 aliphatic heterocycles. The number of benzene rings is 3. The number of carbonyl (C=O) groups excluding carboxylic acids is 2. The van der Waals surface area contributed by atoms with Crippen LogP contribution in [0.4, 0.5) is 0 Å². The van der Waals surface area contributed by atoms with Gasteiger partial charge in [-0.1, -0.05) is 98.8 Å². The third kappa shape index (κ3) is 5.05. The molecule has 208 valence electrons. The van der Waals surface area contributed by atoms with Gasteiger partial charge in [-0.05, 0) is 50.5 Å². The van der Waals surface area contributed by atoms with Gasteiger partial charge in [-0.15, -0.1) is 0 Å². The maximum Gasteiger partial charge on any atom is 0.255 e. The number of rotatable bonds is 10. The van der Waals surface area contributed by atoms with E-state index >= 15 is 0 Å². The molecule has 1 aromatic heterocycles. The van der Waals surface area contributed by atoms with Gasteiger partial charge in [0.15, 0.2) is 0 Å². The number of nitrogens with one attached hydrogen (secondary N) is 1. The number of aryl methyl sites for hydroxylation is 2. The maximum absolute atomic E-state index is 14.0. The van der Waals surface area contributed by atoms with E-state index < -0.39 is 6.04 Å². The third-order valence-corrected chi connectivity index (χ3v) is 8.42. The van der Waals surface area contributed by atoms with Crippen molar-refractivity contribution in [3.63, 3.8) is 0 Å². The number of para-hydroxylation sites is 1. The molecule has 0 bridgehead atoms. The summed E-state index contributed by atoms with van der Waals surface area (Å²) in [5.41, 5.74) is 7.13. The lowest BCUT2D eigenvalue weighted by Gasteiger charge is -2.32. The van der Waals surface area contributed by atoms with Crippen molar-refractivity contribution in [3.05, 3.63) is 95.1 Å². The Morgan fingerprint density at radius 2 is 1.62 bits per heavy atom. The number of nitrogens with zero attached hydrogens (tertiary/aromatic N) is 2. The summed E-state index contributed by atoms with van der Waals surface area (Å²) in [4.78, 5) is 29.5. The second-order valence-electron chi connectivity index (χ2n) is 11.3. The molecular formula is C35H41N3O2. The molecule has 0 radical (unpaired) electrons. The molecule has 1 aliphatic rings. The summed E-state index contributed by atoms with van der Waals surface area (Å²) in [7, 11) is 2.09. The Hall–Kier alpha value is -3.86. The summed E-state index contributed by atoms with van der Waals surface area (Å²) in [6, 6.07) is 23.8. The molecule has 2 heterocycles. The summed E-state index contributed by atoms with van der Waals surface area (Å²) >= 11 is 0. The van der Waals surface area contributed by atoms with E-state index in [0.29, 0.717) is 5.56 Å². The Bertz CT molecular complexity index is 1520. The molecule has 2 amide bonds. The minimum absolute atomic E-state index is 0.0611. The molecule has 4 aromatic rings. The fourth-order valence-electron chi connectivity index (χ4n) is 6.23. The van der Waals surface area contributed by atoms with E-state index in [1.54, 1.807) is 0 Å². The molecule has 0 fully saturated rings. The minimum Gasteiger partial charge on any atom is -0.352 e. The molecule has 0 saturated carbocycles. The molecule has 0 aliphatic carbocycles. The van der Waals surface area contributed by atoms with Crippen molar-refractivity contribution in [1.82, 2.24) is 14.8 Å². The molecule has 3 aromatic carbocycles. The van der Waals surface area contributed by atoms with Gasteiger partial charge in [0.1, 0.15) is 6.04 Å². The first-order valence-electron chi connectivity index (χ1n) is 14.7. The van der Waals surface area contributed by atoms with Crippen LogP contribution < -0.4 is 5.32 Å². The topological polar surface area (TPSA) is 54.3 Å². The van der Waals surface area contributed by atoms with E-state index in [1.807, 2.05) is 42.2 Å². The van der Waals surface area contributed by atoms with Crippen molar-refractivity contribution in [2.75, 3.05) is 0 Å². The molecule has 0 spiro atoms. The Labute approximate surface area is 238 Å². The van der Waals surface area contributed by atoms with Gasteiger partial charge in [0.05, 0.1) is 11.7 Å². The Morgan fingerprint density at radius 1 is 0.925 bits per heavy atom. The van der Waals surface area contributed by atoms with Gasteiger partial charge in [0, 0.05) is 35.1 Å². The first-order chi connectivity index (χ1) is 19.3. The van der Waals surface area contributed by atoms with Crippen LogP contribution in [-0.2, 0) is 11.8 Å². The normalized spacial score (nSPS) is 16.3. The SMILES string of the molecule is CCCCCCC(C)NC(=O)C(C)N1C(=O)c2ccccc2C1c1c(-c2ccc(C)cc2)n(C)c2ccccc12. The van der Waals surface area contributed by atoms with Crippen LogP contribution in [-0.4, -0.2) is 33.4 Å². The molecule has 5 nitrogen and oxygen atoms in total. The van der Waals surface area contributed by atoms with Crippen molar-refractivity contribution in [3.8, 4) is 11.3 Å². The standard InChI is InChI=1S/C35H41N3O2/c1-6-7-8-9-14-24(3)36-34(39)25(4)38-33(27-15-10-11-16-28(27)35(38)40)31-29-17-12-13-18-30(29)37(5)32(31)26-21-19-23(2)20-22-26/h10-13,15-22,24-25,33H,6-9,14H2,1-5H3,(H,36,39). The van der Waals surface area contributed by atoms with E-state index in [0.717, 1.165) is 46.1 Å². The van der Waals surface area contributed by atoms with Crippen LogP contribution in [0.2, 0.25) is 0 Å². The summed E-state index contributed by atoms with van der Waals surface area (Å²) in [5, 5.41) is 4.30. The average Bonchev–Trinajstić information content (AvgIpc) is 3.41. The number of hydrogen-bond acceptors (Lipinski definition) is 2. The van der Waals surface area contributed by atoms with E-state index in [9.17, 15) is 9.59 Å². The molecule has 5 heteroatoms. The predicted octanol–water partition coefficient (Wildman–Crippen LogP) is 7.56. The summed E-state index contributed by atoms with van der Waals surface area (Å²) in [6.07, 6.45) is 5.62. The summed E-state index contributed by atoms with van der Waals surface area (Å²) in [5.74, 6) is -0.201. The van der Waals surface area contributed by atoms with E-state index in [-0.39, 0.29) is 23.9 Å². The minimum atomic E-state index is -0.632. The second kappa shape index (κ2) is 11.7. The van der Waals surface area contributed by atoms with Crippen molar-refractivity contribution in [2.45, 2.75) is 77.9 Å². The lowest BCUT2D eigenvalue weighted by molar-refractivity contribution is -0.126. The van der Waals surface area contributed by atoms with Crippen LogP contribution in [0.3, 0.4) is 0 Å². The van der Waals surface area contributed by atoms with Gasteiger partial charge >= 0.3 is 0 Å².